The van der Waals surface area contributed by atoms with Gasteiger partial charge in [-0.2, -0.15) is 0 Å². The van der Waals surface area contributed by atoms with Gasteiger partial charge in [0.2, 0.25) is 0 Å². The Morgan fingerprint density at radius 3 is 2.44 bits per heavy atom. The van der Waals surface area contributed by atoms with E-state index >= 15 is 0 Å². The summed E-state index contributed by atoms with van der Waals surface area (Å²) in [6.45, 7) is 2.82. The third-order valence-corrected chi connectivity index (χ3v) is 6.89. The van der Waals surface area contributed by atoms with Crippen LogP contribution in [0.25, 0.3) is 6.08 Å². The van der Waals surface area contributed by atoms with E-state index in [2.05, 4.69) is 15.9 Å². The van der Waals surface area contributed by atoms with Crippen molar-refractivity contribution in [1.29, 1.82) is 0 Å². The minimum Gasteiger partial charge on any atom is -0.488 e. The summed E-state index contributed by atoms with van der Waals surface area (Å²) in [4.78, 5) is 15.1. The molecule has 7 heteroatoms. The Kier molecular flexibility index (Phi) is 7.08. The number of halogens is 2. The van der Waals surface area contributed by atoms with Gasteiger partial charge in [0.15, 0.2) is 0 Å². The Balaban J connectivity index is 1.44. The van der Waals surface area contributed by atoms with Gasteiger partial charge < -0.3 is 4.74 Å². The van der Waals surface area contributed by atoms with E-state index in [0.717, 1.165) is 21.2 Å². The molecule has 32 heavy (non-hydrogen) atoms. The standard InChI is InChI=1S/C25H19BrFNO2S2/c1-16-2-4-17(5-3-16)14-28-24(29)23(32-25(28)31)13-19-8-11-22(21(26)12-19)30-15-18-6-9-20(27)10-7-18/h2-13H,14-15H2,1H3/b23-13-. The summed E-state index contributed by atoms with van der Waals surface area (Å²) in [5, 5.41) is 0. The average molecular weight is 528 g/mol. The SMILES string of the molecule is Cc1ccc(CN2C(=O)/C(=C/c3ccc(OCc4ccc(F)cc4)c(Br)c3)SC2=S)cc1. The molecule has 1 aliphatic rings. The van der Waals surface area contributed by atoms with Crippen LogP contribution in [0.3, 0.4) is 0 Å². The van der Waals surface area contributed by atoms with Crippen LogP contribution in [0, 0.1) is 12.7 Å². The van der Waals surface area contributed by atoms with E-state index in [9.17, 15) is 9.18 Å². The van der Waals surface area contributed by atoms with Gasteiger partial charge in [0.1, 0.15) is 22.5 Å². The predicted molar refractivity (Wildman–Crippen MR) is 135 cm³/mol. The molecule has 0 bridgehead atoms. The number of nitrogens with zero attached hydrogens (tertiary/aromatic N) is 1. The normalized spacial score (nSPS) is 15.0. The molecule has 3 nitrogen and oxygen atoms in total. The monoisotopic (exact) mass is 527 g/mol. The number of carbonyl (C=O) groups is 1. The highest BCUT2D eigenvalue weighted by atomic mass is 79.9. The topological polar surface area (TPSA) is 29.5 Å². The van der Waals surface area contributed by atoms with Crippen molar-refractivity contribution in [3.63, 3.8) is 0 Å². The lowest BCUT2D eigenvalue weighted by atomic mass is 10.1. The number of thiocarbonyl (C=S) groups is 1. The lowest BCUT2D eigenvalue weighted by Gasteiger charge is -2.14. The summed E-state index contributed by atoms with van der Waals surface area (Å²) in [6.07, 6.45) is 1.84. The molecule has 1 fully saturated rings. The summed E-state index contributed by atoms with van der Waals surface area (Å²) < 4.78 is 20.2. The van der Waals surface area contributed by atoms with E-state index in [-0.39, 0.29) is 11.7 Å². The first-order chi connectivity index (χ1) is 15.4. The molecule has 0 atom stereocenters. The number of amides is 1. The molecule has 3 aromatic carbocycles. The molecule has 4 rings (SSSR count). The molecule has 0 N–H and O–H groups in total. The van der Waals surface area contributed by atoms with Crippen molar-refractivity contribution < 1.29 is 13.9 Å². The Bertz CT molecular complexity index is 1190. The third-order valence-electron chi connectivity index (χ3n) is 4.90. The van der Waals surface area contributed by atoms with Crippen molar-refractivity contribution in [2.45, 2.75) is 20.1 Å². The number of thioether (sulfide) groups is 1. The van der Waals surface area contributed by atoms with E-state index < -0.39 is 0 Å². The predicted octanol–water partition coefficient (Wildman–Crippen LogP) is 6.88. The second-order valence-electron chi connectivity index (χ2n) is 7.36. The second-order valence-corrected chi connectivity index (χ2v) is 9.89. The molecule has 0 aromatic heterocycles. The van der Waals surface area contributed by atoms with Crippen LogP contribution in [-0.2, 0) is 17.9 Å². The van der Waals surface area contributed by atoms with E-state index in [1.54, 1.807) is 17.0 Å². The first kappa shape index (κ1) is 22.7. The number of benzene rings is 3. The highest BCUT2D eigenvalue weighted by molar-refractivity contribution is 9.10. The third kappa shape index (κ3) is 5.46. The summed E-state index contributed by atoms with van der Waals surface area (Å²) in [6, 6.07) is 19.9. The first-order valence-electron chi connectivity index (χ1n) is 9.87. The molecule has 162 valence electrons. The number of rotatable bonds is 6. The molecule has 1 saturated heterocycles. The Labute approximate surface area is 204 Å². The molecular formula is C25H19BrFNO2S2. The van der Waals surface area contributed by atoms with Crippen molar-refractivity contribution >= 4 is 56.2 Å². The smallest absolute Gasteiger partial charge is 0.266 e. The fraction of sp³-hybridized carbons (Fsp3) is 0.120. The van der Waals surface area contributed by atoms with Gasteiger partial charge in [-0.3, -0.25) is 9.69 Å². The fourth-order valence-corrected chi connectivity index (χ4v) is 4.90. The highest BCUT2D eigenvalue weighted by Crippen LogP contribution is 2.35. The lowest BCUT2D eigenvalue weighted by Crippen LogP contribution is -2.27. The zero-order valence-electron chi connectivity index (χ0n) is 17.2. The molecule has 0 radical (unpaired) electrons. The molecule has 0 spiro atoms. The molecule has 0 saturated carbocycles. The zero-order chi connectivity index (χ0) is 22.7. The maximum Gasteiger partial charge on any atom is 0.266 e. The van der Waals surface area contributed by atoms with Crippen molar-refractivity contribution in [2.75, 3.05) is 0 Å². The van der Waals surface area contributed by atoms with Crippen LogP contribution in [0.2, 0.25) is 0 Å². The lowest BCUT2D eigenvalue weighted by molar-refractivity contribution is -0.122. The van der Waals surface area contributed by atoms with E-state index in [0.29, 0.717) is 28.1 Å². The van der Waals surface area contributed by atoms with Gasteiger partial charge in [0.05, 0.1) is 15.9 Å². The fourth-order valence-electron chi connectivity index (χ4n) is 3.13. The molecule has 1 aliphatic heterocycles. The van der Waals surface area contributed by atoms with E-state index in [1.807, 2.05) is 55.5 Å². The van der Waals surface area contributed by atoms with Crippen molar-refractivity contribution in [1.82, 2.24) is 4.90 Å². The molecule has 1 heterocycles. The van der Waals surface area contributed by atoms with Crippen LogP contribution in [-0.4, -0.2) is 15.1 Å². The van der Waals surface area contributed by atoms with E-state index in [4.69, 9.17) is 17.0 Å². The molecular weight excluding hydrogens is 509 g/mol. The number of ether oxygens (including phenoxy) is 1. The van der Waals surface area contributed by atoms with Crippen LogP contribution in [0.1, 0.15) is 22.3 Å². The second kappa shape index (κ2) is 9.98. The number of hydrogen-bond donors (Lipinski definition) is 0. The van der Waals surface area contributed by atoms with Gasteiger partial charge in [-0.05, 0) is 69.9 Å². The minimum atomic E-state index is -0.274. The van der Waals surface area contributed by atoms with Gasteiger partial charge in [-0.1, -0.05) is 72.0 Å². The van der Waals surface area contributed by atoms with Crippen molar-refractivity contribution in [2.24, 2.45) is 0 Å². The van der Waals surface area contributed by atoms with Gasteiger partial charge in [0, 0.05) is 0 Å². The van der Waals surface area contributed by atoms with Crippen LogP contribution < -0.4 is 4.74 Å². The maximum atomic E-state index is 13.0. The summed E-state index contributed by atoms with van der Waals surface area (Å²) in [7, 11) is 0. The Hall–Kier alpha value is -2.48. The van der Waals surface area contributed by atoms with Gasteiger partial charge in [0.25, 0.3) is 5.91 Å². The number of aryl methyl sites for hydroxylation is 1. The molecule has 1 amide bonds. The summed E-state index contributed by atoms with van der Waals surface area (Å²) in [5.41, 5.74) is 3.95. The summed E-state index contributed by atoms with van der Waals surface area (Å²) >= 11 is 10.3. The largest absolute Gasteiger partial charge is 0.488 e. The maximum absolute atomic E-state index is 13.0. The van der Waals surface area contributed by atoms with Crippen LogP contribution in [0.5, 0.6) is 5.75 Å². The molecule has 3 aromatic rings. The summed E-state index contributed by atoms with van der Waals surface area (Å²) in [5.74, 6) is 0.301. The van der Waals surface area contributed by atoms with Crippen molar-refractivity contribution in [3.05, 3.63) is 104 Å². The van der Waals surface area contributed by atoms with E-state index in [1.165, 1.54) is 29.5 Å². The number of carbonyl (C=O) groups excluding carboxylic acids is 1. The average Bonchev–Trinajstić information content (AvgIpc) is 3.03. The quantitative estimate of drug-likeness (QED) is 0.258. The Morgan fingerprint density at radius 2 is 1.75 bits per heavy atom. The van der Waals surface area contributed by atoms with Gasteiger partial charge in [-0.15, -0.1) is 0 Å². The highest BCUT2D eigenvalue weighted by Gasteiger charge is 2.32. The van der Waals surface area contributed by atoms with Gasteiger partial charge in [-0.25, -0.2) is 4.39 Å². The van der Waals surface area contributed by atoms with Crippen LogP contribution in [0.15, 0.2) is 76.1 Å². The van der Waals surface area contributed by atoms with Crippen molar-refractivity contribution in [3.8, 4) is 5.75 Å². The first-order valence-corrected chi connectivity index (χ1v) is 11.9. The Morgan fingerprint density at radius 1 is 1.06 bits per heavy atom. The molecule has 0 unspecified atom stereocenters. The minimum absolute atomic E-state index is 0.0895. The van der Waals surface area contributed by atoms with Crippen LogP contribution in [0.4, 0.5) is 4.39 Å². The molecule has 0 aliphatic carbocycles. The van der Waals surface area contributed by atoms with Gasteiger partial charge >= 0.3 is 0 Å². The number of hydrogen-bond acceptors (Lipinski definition) is 4. The van der Waals surface area contributed by atoms with Crippen LogP contribution >= 0.6 is 39.9 Å². The zero-order valence-corrected chi connectivity index (χ0v) is 20.4.